The minimum absolute atomic E-state index is 0.0913. The van der Waals surface area contributed by atoms with Crippen molar-refractivity contribution in [2.24, 2.45) is 47.3 Å². The van der Waals surface area contributed by atoms with Crippen molar-refractivity contribution in [2.45, 2.75) is 216 Å². The summed E-state index contributed by atoms with van der Waals surface area (Å²) in [7, 11) is 0. The second kappa shape index (κ2) is 29.4. The van der Waals surface area contributed by atoms with Crippen molar-refractivity contribution in [3.8, 4) is 0 Å². The lowest BCUT2D eigenvalue weighted by Gasteiger charge is -2.33. The van der Waals surface area contributed by atoms with Crippen LogP contribution in [-0.4, -0.2) is 46.8 Å². The molecule has 0 spiro atoms. The standard InChI is InChI=1S/C44H90O4/c1-35(2)17-11-19-37(5)21-13-23-39(7)25-15-27-41(9)29-31-44(47,43(46)33-45)34-48-32-30-42(10)28-16-26-40(8)24-14-22-38(6)20-12-18-36(3)4/h35-43,45-47H,11-34H2,1-10H3. The van der Waals surface area contributed by atoms with E-state index in [-0.39, 0.29) is 6.61 Å². The summed E-state index contributed by atoms with van der Waals surface area (Å²) in [5.74, 6) is 6.04. The Kier molecular flexibility index (Phi) is 29.3. The molecule has 0 rings (SSSR count). The van der Waals surface area contributed by atoms with Crippen LogP contribution in [0.2, 0.25) is 0 Å². The van der Waals surface area contributed by atoms with Gasteiger partial charge in [0.15, 0.2) is 0 Å². The summed E-state index contributed by atoms with van der Waals surface area (Å²) in [6.07, 6.45) is 24.9. The van der Waals surface area contributed by atoms with E-state index < -0.39 is 18.3 Å². The Hall–Kier alpha value is -0.160. The lowest BCUT2D eigenvalue weighted by atomic mass is 9.86. The maximum atomic E-state index is 11.3. The van der Waals surface area contributed by atoms with E-state index >= 15 is 0 Å². The van der Waals surface area contributed by atoms with Gasteiger partial charge in [-0.1, -0.05) is 185 Å². The van der Waals surface area contributed by atoms with E-state index in [1.165, 1.54) is 109 Å². The quantitative estimate of drug-likeness (QED) is 0.0591. The molecule has 0 aromatic rings. The van der Waals surface area contributed by atoms with Crippen LogP contribution in [0.1, 0.15) is 204 Å². The molecule has 0 bridgehead atoms. The van der Waals surface area contributed by atoms with Gasteiger partial charge in [-0.25, -0.2) is 0 Å². The Bertz CT molecular complexity index is 695. The molecule has 4 nitrogen and oxygen atoms in total. The van der Waals surface area contributed by atoms with Crippen LogP contribution in [0.15, 0.2) is 0 Å². The Morgan fingerprint density at radius 2 is 0.729 bits per heavy atom. The minimum Gasteiger partial charge on any atom is -0.394 e. The van der Waals surface area contributed by atoms with Gasteiger partial charge in [-0.05, 0) is 66.6 Å². The first-order chi connectivity index (χ1) is 22.7. The molecule has 48 heavy (non-hydrogen) atoms. The maximum Gasteiger partial charge on any atom is 0.116 e. The van der Waals surface area contributed by atoms with Gasteiger partial charge in [-0.3, -0.25) is 0 Å². The van der Waals surface area contributed by atoms with Gasteiger partial charge in [0.1, 0.15) is 11.7 Å². The Morgan fingerprint density at radius 1 is 0.438 bits per heavy atom. The van der Waals surface area contributed by atoms with Crippen molar-refractivity contribution < 1.29 is 20.1 Å². The minimum atomic E-state index is -1.38. The van der Waals surface area contributed by atoms with Gasteiger partial charge in [0.2, 0.25) is 0 Å². The summed E-state index contributed by atoms with van der Waals surface area (Å²) in [6, 6.07) is 0. The van der Waals surface area contributed by atoms with Gasteiger partial charge in [-0.15, -0.1) is 0 Å². The fraction of sp³-hybridized carbons (Fsp3) is 1.00. The zero-order chi connectivity index (χ0) is 36.4. The fourth-order valence-electron chi connectivity index (χ4n) is 7.41. The van der Waals surface area contributed by atoms with Crippen LogP contribution < -0.4 is 0 Å². The lowest BCUT2D eigenvalue weighted by Crippen LogP contribution is -2.48. The fourth-order valence-corrected chi connectivity index (χ4v) is 7.41. The molecule has 0 heterocycles. The molecular weight excluding hydrogens is 592 g/mol. The van der Waals surface area contributed by atoms with Gasteiger partial charge in [0, 0.05) is 6.61 Å². The SMILES string of the molecule is CC(C)CCCC(C)CCCC(C)CCCC(C)CCOCC(O)(CCC(C)CCCC(C)CCCC(C)CCCC(C)C)C(O)CO. The van der Waals surface area contributed by atoms with Crippen molar-refractivity contribution in [1.82, 2.24) is 0 Å². The molecule has 0 amide bonds. The first-order valence-electron chi connectivity index (χ1n) is 21.3. The van der Waals surface area contributed by atoms with Gasteiger partial charge in [-0.2, -0.15) is 0 Å². The Morgan fingerprint density at radius 3 is 1.04 bits per heavy atom. The molecule has 0 saturated heterocycles. The first-order valence-corrected chi connectivity index (χ1v) is 21.3. The molecule has 0 aliphatic rings. The molecule has 0 aromatic carbocycles. The third-order valence-electron chi connectivity index (χ3n) is 11.5. The highest BCUT2D eigenvalue weighted by atomic mass is 16.5. The molecule has 0 saturated carbocycles. The number of aliphatic hydroxyl groups is 3. The van der Waals surface area contributed by atoms with Crippen LogP contribution in [0.3, 0.4) is 0 Å². The molecular formula is C44H90O4. The second-order valence-corrected chi connectivity index (χ2v) is 18.2. The summed E-state index contributed by atoms with van der Waals surface area (Å²) < 4.78 is 5.95. The molecule has 0 aromatic heterocycles. The van der Waals surface area contributed by atoms with E-state index in [1.54, 1.807) is 0 Å². The summed E-state index contributed by atoms with van der Waals surface area (Å²) in [6.45, 7) is 23.8. The van der Waals surface area contributed by atoms with E-state index in [0.717, 1.165) is 54.8 Å². The van der Waals surface area contributed by atoms with Gasteiger partial charge in [0.05, 0.1) is 13.2 Å². The molecule has 3 N–H and O–H groups in total. The van der Waals surface area contributed by atoms with Crippen molar-refractivity contribution >= 4 is 0 Å². The number of aliphatic hydroxyl groups excluding tert-OH is 2. The summed E-state index contributed by atoms with van der Waals surface area (Å²) in [5, 5.41) is 31.4. The van der Waals surface area contributed by atoms with Crippen LogP contribution in [0.4, 0.5) is 0 Å². The molecule has 8 unspecified atom stereocenters. The number of hydrogen-bond donors (Lipinski definition) is 3. The van der Waals surface area contributed by atoms with E-state index in [9.17, 15) is 15.3 Å². The van der Waals surface area contributed by atoms with Gasteiger partial charge in [0.25, 0.3) is 0 Å². The van der Waals surface area contributed by atoms with Crippen molar-refractivity contribution in [1.29, 1.82) is 0 Å². The molecule has 0 aliphatic carbocycles. The second-order valence-electron chi connectivity index (χ2n) is 18.2. The zero-order valence-corrected chi connectivity index (χ0v) is 34.4. The molecule has 290 valence electrons. The topological polar surface area (TPSA) is 69.9 Å². The first kappa shape index (κ1) is 47.8. The maximum absolute atomic E-state index is 11.3. The summed E-state index contributed by atoms with van der Waals surface area (Å²) in [5.41, 5.74) is -1.38. The predicted molar refractivity (Wildman–Crippen MR) is 210 cm³/mol. The van der Waals surface area contributed by atoms with E-state index in [4.69, 9.17) is 4.74 Å². The summed E-state index contributed by atoms with van der Waals surface area (Å²) in [4.78, 5) is 0. The predicted octanol–water partition coefficient (Wildman–Crippen LogP) is 12.4. The van der Waals surface area contributed by atoms with Crippen molar-refractivity contribution in [3.05, 3.63) is 0 Å². The van der Waals surface area contributed by atoms with Crippen LogP contribution in [-0.2, 0) is 4.74 Å². The number of rotatable bonds is 34. The molecule has 0 fully saturated rings. The Labute approximate surface area is 302 Å². The highest BCUT2D eigenvalue weighted by molar-refractivity contribution is 4.87. The summed E-state index contributed by atoms with van der Waals surface area (Å²) >= 11 is 0. The zero-order valence-electron chi connectivity index (χ0n) is 34.4. The smallest absolute Gasteiger partial charge is 0.116 e. The van der Waals surface area contributed by atoms with Gasteiger partial charge < -0.3 is 20.1 Å². The highest BCUT2D eigenvalue weighted by Crippen LogP contribution is 2.27. The molecule has 8 atom stereocenters. The van der Waals surface area contributed by atoms with Gasteiger partial charge >= 0.3 is 0 Å². The molecule has 0 radical (unpaired) electrons. The van der Waals surface area contributed by atoms with Crippen LogP contribution in [0, 0.1) is 47.3 Å². The average Bonchev–Trinajstić information content (AvgIpc) is 3.01. The number of ether oxygens (including phenoxy) is 1. The van der Waals surface area contributed by atoms with E-state index in [1.807, 2.05) is 0 Å². The third kappa shape index (κ3) is 27.5. The monoisotopic (exact) mass is 683 g/mol. The Balaban J connectivity index is 4.16. The number of hydrogen-bond acceptors (Lipinski definition) is 4. The van der Waals surface area contributed by atoms with Crippen LogP contribution in [0.5, 0.6) is 0 Å². The van der Waals surface area contributed by atoms with Crippen molar-refractivity contribution in [2.75, 3.05) is 19.8 Å². The lowest BCUT2D eigenvalue weighted by molar-refractivity contribution is -0.140. The van der Waals surface area contributed by atoms with Crippen LogP contribution in [0.25, 0.3) is 0 Å². The molecule has 4 heteroatoms. The highest BCUT2D eigenvalue weighted by Gasteiger charge is 2.35. The third-order valence-corrected chi connectivity index (χ3v) is 11.5. The van der Waals surface area contributed by atoms with E-state index in [0.29, 0.717) is 24.9 Å². The van der Waals surface area contributed by atoms with Crippen molar-refractivity contribution in [3.63, 3.8) is 0 Å². The molecule has 0 aliphatic heterocycles. The average molecular weight is 683 g/mol. The largest absolute Gasteiger partial charge is 0.394 e. The van der Waals surface area contributed by atoms with E-state index in [2.05, 4.69) is 69.2 Å². The normalized spacial score (nSPS) is 18.1. The van der Waals surface area contributed by atoms with Crippen LogP contribution >= 0.6 is 0 Å².